The number of likely N-dealkylation sites (tertiary alicyclic amines) is 1. The molecule has 0 bridgehead atoms. The lowest BCUT2D eigenvalue weighted by molar-refractivity contribution is -0.102. The Labute approximate surface area is 129 Å². The van der Waals surface area contributed by atoms with Gasteiger partial charge < -0.3 is 15.4 Å². The van der Waals surface area contributed by atoms with Crippen LogP contribution in [-0.4, -0.2) is 44.3 Å². The third kappa shape index (κ3) is 2.54. The van der Waals surface area contributed by atoms with E-state index in [0.29, 0.717) is 0 Å². The van der Waals surface area contributed by atoms with Crippen LogP contribution >= 0.6 is 15.9 Å². The summed E-state index contributed by atoms with van der Waals surface area (Å²) in [5.41, 5.74) is 7.33. The fourth-order valence-electron chi connectivity index (χ4n) is 3.69. The van der Waals surface area contributed by atoms with E-state index in [1.165, 1.54) is 36.0 Å². The van der Waals surface area contributed by atoms with Gasteiger partial charge >= 0.3 is 0 Å². The standard InChI is InChI=1S/C16H23BrN2O/c17-15-4-2-1-3-14(15)16(11-20-12-16)13-5-8-19(9-6-13)10-7-18/h1-4,13H,5-12,18H2. The predicted molar refractivity (Wildman–Crippen MR) is 84.9 cm³/mol. The highest BCUT2D eigenvalue weighted by atomic mass is 79.9. The van der Waals surface area contributed by atoms with Crippen molar-refractivity contribution < 1.29 is 4.74 Å². The Morgan fingerprint density at radius 1 is 1.25 bits per heavy atom. The molecule has 0 aromatic heterocycles. The highest BCUT2D eigenvalue weighted by Gasteiger charge is 2.48. The summed E-state index contributed by atoms with van der Waals surface area (Å²) in [5.74, 6) is 0.726. The summed E-state index contributed by atoms with van der Waals surface area (Å²) >= 11 is 3.73. The van der Waals surface area contributed by atoms with Gasteiger partial charge in [-0.1, -0.05) is 34.1 Å². The first-order valence-corrected chi connectivity index (χ1v) is 8.31. The Kier molecular flexibility index (Phi) is 4.46. The van der Waals surface area contributed by atoms with Crippen LogP contribution in [0.25, 0.3) is 0 Å². The van der Waals surface area contributed by atoms with E-state index in [0.717, 1.165) is 32.2 Å². The van der Waals surface area contributed by atoms with E-state index < -0.39 is 0 Å². The molecule has 0 saturated carbocycles. The summed E-state index contributed by atoms with van der Waals surface area (Å²) in [6, 6.07) is 8.65. The average molecular weight is 339 g/mol. The molecule has 0 aliphatic carbocycles. The van der Waals surface area contributed by atoms with Gasteiger partial charge in [-0.05, 0) is 43.5 Å². The van der Waals surface area contributed by atoms with Crippen molar-refractivity contribution in [2.45, 2.75) is 18.3 Å². The van der Waals surface area contributed by atoms with Gasteiger partial charge in [0.05, 0.1) is 13.2 Å². The minimum atomic E-state index is 0.231. The Hall–Kier alpha value is -0.420. The molecule has 2 aliphatic heterocycles. The minimum Gasteiger partial charge on any atom is -0.379 e. The molecule has 2 N–H and O–H groups in total. The number of piperidine rings is 1. The molecule has 4 heteroatoms. The normalized spacial score (nSPS) is 23.5. The predicted octanol–water partition coefficient (Wildman–Crippen LogP) is 2.39. The van der Waals surface area contributed by atoms with Crippen molar-refractivity contribution >= 4 is 15.9 Å². The Morgan fingerprint density at radius 2 is 1.95 bits per heavy atom. The maximum absolute atomic E-state index is 5.66. The molecule has 0 atom stereocenters. The van der Waals surface area contributed by atoms with Crippen LogP contribution in [0.5, 0.6) is 0 Å². The Balaban J connectivity index is 1.76. The van der Waals surface area contributed by atoms with Crippen LogP contribution in [0.4, 0.5) is 0 Å². The second-order valence-electron chi connectivity index (χ2n) is 6.03. The molecular weight excluding hydrogens is 316 g/mol. The van der Waals surface area contributed by atoms with Crippen molar-refractivity contribution in [1.82, 2.24) is 4.90 Å². The van der Waals surface area contributed by atoms with Gasteiger partial charge in [-0.15, -0.1) is 0 Å². The third-order valence-corrected chi connectivity index (χ3v) is 5.64. The van der Waals surface area contributed by atoms with Crippen molar-refractivity contribution in [2.24, 2.45) is 11.7 Å². The van der Waals surface area contributed by atoms with Gasteiger partial charge in [0, 0.05) is 23.0 Å². The average Bonchev–Trinajstić information content (AvgIpc) is 2.42. The van der Waals surface area contributed by atoms with Gasteiger partial charge in [0.1, 0.15) is 0 Å². The second kappa shape index (κ2) is 6.14. The molecule has 3 rings (SSSR count). The third-order valence-electron chi connectivity index (χ3n) is 4.94. The van der Waals surface area contributed by atoms with Crippen molar-refractivity contribution in [3.63, 3.8) is 0 Å². The fraction of sp³-hybridized carbons (Fsp3) is 0.625. The molecule has 0 unspecified atom stereocenters. The molecular formula is C16H23BrN2O. The molecule has 2 fully saturated rings. The summed E-state index contributed by atoms with van der Waals surface area (Å²) < 4.78 is 6.85. The van der Waals surface area contributed by atoms with Gasteiger partial charge in [-0.25, -0.2) is 0 Å². The van der Waals surface area contributed by atoms with Crippen LogP contribution in [0.1, 0.15) is 18.4 Å². The summed E-state index contributed by atoms with van der Waals surface area (Å²) in [6.07, 6.45) is 2.51. The minimum absolute atomic E-state index is 0.231. The number of ether oxygens (including phenoxy) is 1. The van der Waals surface area contributed by atoms with Crippen LogP contribution in [0, 0.1) is 5.92 Å². The number of hydrogen-bond donors (Lipinski definition) is 1. The topological polar surface area (TPSA) is 38.5 Å². The van der Waals surface area contributed by atoms with Gasteiger partial charge in [0.15, 0.2) is 0 Å². The van der Waals surface area contributed by atoms with Gasteiger partial charge in [0.2, 0.25) is 0 Å². The number of benzene rings is 1. The second-order valence-corrected chi connectivity index (χ2v) is 6.89. The van der Waals surface area contributed by atoms with Crippen LogP contribution in [0.2, 0.25) is 0 Å². The number of nitrogens with zero attached hydrogens (tertiary/aromatic N) is 1. The lowest BCUT2D eigenvalue weighted by Crippen LogP contribution is -2.55. The van der Waals surface area contributed by atoms with Crippen LogP contribution in [-0.2, 0) is 10.2 Å². The fourth-order valence-corrected chi connectivity index (χ4v) is 4.37. The first-order valence-electron chi connectivity index (χ1n) is 7.51. The molecule has 20 heavy (non-hydrogen) atoms. The van der Waals surface area contributed by atoms with Crippen LogP contribution < -0.4 is 5.73 Å². The molecule has 0 spiro atoms. The van der Waals surface area contributed by atoms with E-state index >= 15 is 0 Å². The lowest BCUT2D eigenvalue weighted by Gasteiger charge is -2.50. The Morgan fingerprint density at radius 3 is 2.50 bits per heavy atom. The van der Waals surface area contributed by atoms with Crippen LogP contribution in [0.3, 0.4) is 0 Å². The van der Waals surface area contributed by atoms with E-state index in [1.807, 2.05) is 0 Å². The summed E-state index contributed by atoms with van der Waals surface area (Å²) in [6.45, 7) is 5.89. The zero-order valence-corrected chi connectivity index (χ0v) is 13.4. The molecule has 2 saturated heterocycles. The van der Waals surface area contributed by atoms with Crippen molar-refractivity contribution in [1.29, 1.82) is 0 Å². The monoisotopic (exact) mass is 338 g/mol. The number of halogens is 1. The highest BCUT2D eigenvalue weighted by molar-refractivity contribution is 9.10. The van der Waals surface area contributed by atoms with Crippen molar-refractivity contribution in [3.8, 4) is 0 Å². The van der Waals surface area contributed by atoms with Gasteiger partial charge in [-0.3, -0.25) is 0 Å². The summed E-state index contributed by atoms with van der Waals surface area (Å²) in [5, 5.41) is 0. The molecule has 2 aliphatic rings. The lowest BCUT2D eigenvalue weighted by atomic mass is 9.65. The summed E-state index contributed by atoms with van der Waals surface area (Å²) in [7, 11) is 0. The van der Waals surface area contributed by atoms with Gasteiger partial charge in [0.25, 0.3) is 0 Å². The molecule has 1 aromatic rings. The van der Waals surface area contributed by atoms with E-state index in [2.05, 4.69) is 45.1 Å². The van der Waals surface area contributed by atoms with E-state index in [-0.39, 0.29) is 5.41 Å². The number of nitrogens with two attached hydrogens (primary N) is 1. The molecule has 2 heterocycles. The Bertz CT molecular complexity index is 454. The first-order chi connectivity index (χ1) is 9.76. The zero-order valence-electron chi connectivity index (χ0n) is 11.9. The van der Waals surface area contributed by atoms with Crippen molar-refractivity contribution in [3.05, 3.63) is 34.3 Å². The quantitative estimate of drug-likeness (QED) is 0.915. The van der Waals surface area contributed by atoms with Gasteiger partial charge in [-0.2, -0.15) is 0 Å². The van der Waals surface area contributed by atoms with Crippen molar-refractivity contribution in [2.75, 3.05) is 39.4 Å². The summed E-state index contributed by atoms with van der Waals surface area (Å²) in [4.78, 5) is 2.49. The zero-order chi connectivity index (χ0) is 14.0. The molecule has 3 nitrogen and oxygen atoms in total. The number of rotatable bonds is 4. The molecule has 110 valence electrons. The molecule has 0 radical (unpaired) electrons. The van der Waals surface area contributed by atoms with E-state index in [4.69, 9.17) is 10.5 Å². The molecule has 0 amide bonds. The first kappa shape index (κ1) is 14.5. The van der Waals surface area contributed by atoms with E-state index in [1.54, 1.807) is 0 Å². The SMILES string of the molecule is NCCN1CCC(C2(c3ccccc3Br)COC2)CC1. The maximum atomic E-state index is 5.66. The maximum Gasteiger partial charge on any atom is 0.0588 e. The smallest absolute Gasteiger partial charge is 0.0588 e. The van der Waals surface area contributed by atoms with E-state index in [9.17, 15) is 0 Å². The largest absolute Gasteiger partial charge is 0.379 e. The molecule has 1 aromatic carbocycles. The number of hydrogen-bond acceptors (Lipinski definition) is 3. The van der Waals surface area contributed by atoms with Crippen LogP contribution in [0.15, 0.2) is 28.7 Å². The highest BCUT2D eigenvalue weighted by Crippen LogP contribution is 2.46.